The molecule has 1 rings (SSSR count). The van der Waals surface area contributed by atoms with Crippen LogP contribution in [0.5, 0.6) is 0 Å². The van der Waals surface area contributed by atoms with Crippen molar-refractivity contribution in [3.63, 3.8) is 0 Å². The number of anilines is 1. The summed E-state index contributed by atoms with van der Waals surface area (Å²) in [4.78, 5) is 7.71. The van der Waals surface area contributed by atoms with Crippen LogP contribution in [0, 0.1) is 0 Å². The van der Waals surface area contributed by atoms with Crippen molar-refractivity contribution in [2.24, 2.45) is 0 Å². The number of nitrogens with one attached hydrogen (secondary N) is 1. The Morgan fingerprint density at radius 3 is 2.89 bits per heavy atom. The van der Waals surface area contributed by atoms with Gasteiger partial charge in [-0.1, -0.05) is 0 Å². The lowest BCUT2D eigenvalue weighted by Gasteiger charge is -1.97. The van der Waals surface area contributed by atoms with Gasteiger partial charge in [0.05, 0.1) is 11.9 Å². The SMILES string of the molecule is CNc1cncnc1Br. The van der Waals surface area contributed by atoms with Crippen molar-refractivity contribution in [3.05, 3.63) is 17.1 Å². The topological polar surface area (TPSA) is 37.8 Å². The highest BCUT2D eigenvalue weighted by molar-refractivity contribution is 9.10. The molecule has 0 aliphatic rings. The van der Waals surface area contributed by atoms with Crippen LogP contribution >= 0.6 is 15.9 Å². The van der Waals surface area contributed by atoms with Gasteiger partial charge in [0.15, 0.2) is 0 Å². The maximum Gasteiger partial charge on any atom is 0.132 e. The van der Waals surface area contributed by atoms with Crippen LogP contribution in [0.3, 0.4) is 0 Å². The largest absolute Gasteiger partial charge is 0.385 e. The molecule has 0 spiro atoms. The maximum absolute atomic E-state index is 3.89. The molecule has 0 bridgehead atoms. The first kappa shape index (κ1) is 6.48. The molecule has 9 heavy (non-hydrogen) atoms. The lowest BCUT2D eigenvalue weighted by Crippen LogP contribution is -1.91. The molecule has 1 heterocycles. The van der Waals surface area contributed by atoms with E-state index in [0.717, 1.165) is 10.3 Å². The van der Waals surface area contributed by atoms with E-state index in [1.807, 2.05) is 7.05 Å². The molecule has 0 aliphatic carbocycles. The third-order valence-corrected chi connectivity index (χ3v) is 1.56. The highest BCUT2D eigenvalue weighted by Crippen LogP contribution is 2.15. The Labute approximate surface area is 61.7 Å². The summed E-state index contributed by atoms with van der Waals surface area (Å²) >= 11 is 3.24. The van der Waals surface area contributed by atoms with Crippen LogP contribution in [0.1, 0.15) is 0 Å². The fourth-order valence-corrected chi connectivity index (χ4v) is 0.875. The van der Waals surface area contributed by atoms with Crippen molar-refractivity contribution in [1.29, 1.82) is 0 Å². The zero-order chi connectivity index (χ0) is 6.69. The quantitative estimate of drug-likeness (QED) is 0.674. The third kappa shape index (κ3) is 1.38. The lowest BCUT2D eigenvalue weighted by molar-refractivity contribution is 1.13. The number of hydrogen-bond donors (Lipinski definition) is 1. The van der Waals surface area contributed by atoms with E-state index in [0.29, 0.717) is 0 Å². The zero-order valence-electron chi connectivity index (χ0n) is 4.93. The van der Waals surface area contributed by atoms with Gasteiger partial charge in [0.25, 0.3) is 0 Å². The first-order valence-electron chi connectivity index (χ1n) is 2.48. The van der Waals surface area contributed by atoms with Gasteiger partial charge in [-0.05, 0) is 15.9 Å². The van der Waals surface area contributed by atoms with Crippen molar-refractivity contribution in [1.82, 2.24) is 9.97 Å². The molecular formula is C5H6BrN3. The number of rotatable bonds is 1. The smallest absolute Gasteiger partial charge is 0.132 e. The van der Waals surface area contributed by atoms with Crippen LogP contribution in [-0.4, -0.2) is 17.0 Å². The Hall–Kier alpha value is -0.640. The van der Waals surface area contributed by atoms with Gasteiger partial charge in [0.2, 0.25) is 0 Å². The molecule has 0 unspecified atom stereocenters. The molecule has 1 N–H and O–H groups in total. The molecule has 0 amide bonds. The van der Waals surface area contributed by atoms with E-state index in [4.69, 9.17) is 0 Å². The van der Waals surface area contributed by atoms with E-state index in [-0.39, 0.29) is 0 Å². The van der Waals surface area contributed by atoms with Crippen molar-refractivity contribution in [2.75, 3.05) is 12.4 Å². The minimum Gasteiger partial charge on any atom is -0.385 e. The van der Waals surface area contributed by atoms with Gasteiger partial charge in [0, 0.05) is 7.05 Å². The van der Waals surface area contributed by atoms with Crippen LogP contribution < -0.4 is 5.32 Å². The minimum atomic E-state index is 0.792. The zero-order valence-corrected chi connectivity index (χ0v) is 6.51. The lowest BCUT2D eigenvalue weighted by atomic mass is 10.5. The Bertz CT molecular complexity index is 201. The molecule has 0 saturated carbocycles. The van der Waals surface area contributed by atoms with Crippen molar-refractivity contribution in [3.8, 4) is 0 Å². The normalized spacial score (nSPS) is 9.11. The van der Waals surface area contributed by atoms with Crippen molar-refractivity contribution in [2.45, 2.75) is 0 Å². The predicted octanol–water partition coefficient (Wildman–Crippen LogP) is 1.28. The van der Waals surface area contributed by atoms with Crippen molar-refractivity contribution < 1.29 is 0 Å². The van der Waals surface area contributed by atoms with Crippen LogP contribution in [0.4, 0.5) is 5.69 Å². The highest BCUT2D eigenvalue weighted by Gasteiger charge is 1.93. The van der Waals surface area contributed by atoms with Gasteiger partial charge >= 0.3 is 0 Å². The molecular weight excluding hydrogens is 182 g/mol. The number of halogens is 1. The second kappa shape index (κ2) is 2.77. The summed E-state index contributed by atoms with van der Waals surface area (Å²) in [7, 11) is 1.82. The van der Waals surface area contributed by atoms with Gasteiger partial charge in [-0.2, -0.15) is 0 Å². The summed E-state index contributed by atoms with van der Waals surface area (Å²) in [6, 6.07) is 0. The summed E-state index contributed by atoms with van der Waals surface area (Å²) in [6.07, 6.45) is 3.20. The Morgan fingerprint density at radius 1 is 1.67 bits per heavy atom. The van der Waals surface area contributed by atoms with Gasteiger partial charge in [0.1, 0.15) is 10.9 Å². The summed E-state index contributed by atoms with van der Waals surface area (Å²) in [5.74, 6) is 0. The first-order chi connectivity index (χ1) is 4.34. The number of nitrogens with zero attached hydrogens (tertiary/aromatic N) is 2. The summed E-state index contributed by atoms with van der Waals surface area (Å²) < 4.78 is 0.792. The van der Waals surface area contributed by atoms with E-state index < -0.39 is 0 Å². The molecule has 1 aromatic rings. The molecule has 1 aromatic heterocycles. The average molecular weight is 188 g/mol. The molecule has 0 atom stereocenters. The highest BCUT2D eigenvalue weighted by atomic mass is 79.9. The second-order valence-electron chi connectivity index (χ2n) is 1.48. The maximum atomic E-state index is 3.89. The fraction of sp³-hybridized carbons (Fsp3) is 0.200. The molecule has 48 valence electrons. The first-order valence-corrected chi connectivity index (χ1v) is 3.27. The summed E-state index contributed by atoms with van der Waals surface area (Å²) in [6.45, 7) is 0. The molecule has 0 radical (unpaired) electrons. The van der Waals surface area contributed by atoms with Crippen LogP contribution in [0.15, 0.2) is 17.1 Å². The Balaban J connectivity index is 3.01. The molecule has 0 aliphatic heterocycles. The number of aromatic nitrogens is 2. The van der Waals surface area contributed by atoms with Gasteiger partial charge in [-0.25, -0.2) is 9.97 Å². The molecule has 0 saturated heterocycles. The van der Waals surface area contributed by atoms with E-state index >= 15 is 0 Å². The monoisotopic (exact) mass is 187 g/mol. The summed E-state index contributed by atoms with van der Waals surface area (Å²) in [5, 5.41) is 2.92. The molecule has 3 nitrogen and oxygen atoms in total. The van der Waals surface area contributed by atoms with E-state index in [1.54, 1.807) is 6.20 Å². The average Bonchev–Trinajstić information content (AvgIpc) is 1.89. The number of hydrogen-bond acceptors (Lipinski definition) is 3. The summed E-state index contributed by atoms with van der Waals surface area (Å²) in [5.41, 5.74) is 0.900. The van der Waals surface area contributed by atoms with Gasteiger partial charge in [-0.15, -0.1) is 0 Å². The van der Waals surface area contributed by atoms with Crippen LogP contribution in [0.25, 0.3) is 0 Å². The molecule has 4 heteroatoms. The Kier molecular flexibility index (Phi) is 2.00. The standard InChI is InChI=1S/C5H6BrN3/c1-7-4-2-8-3-9-5(4)6/h2-3,7H,1H3. The minimum absolute atomic E-state index is 0.792. The van der Waals surface area contributed by atoms with Crippen LogP contribution in [-0.2, 0) is 0 Å². The van der Waals surface area contributed by atoms with Crippen molar-refractivity contribution >= 4 is 21.6 Å². The van der Waals surface area contributed by atoms with Gasteiger partial charge in [-0.3, -0.25) is 0 Å². The Morgan fingerprint density at radius 2 is 2.44 bits per heavy atom. The predicted molar refractivity (Wildman–Crippen MR) is 39.3 cm³/mol. The van der Waals surface area contributed by atoms with Gasteiger partial charge < -0.3 is 5.32 Å². The molecule has 0 aromatic carbocycles. The van der Waals surface area contributed by atoms with E-state index in [9.17, 15) is 0 Å². The van der Waals surface area contributed by atoms with Crippen LogP contribution in [0.2, 0.25) is 0 Å². The van der Waals surface area contributed by atoms with E-state index in [1.165, 1.54) is 6.33 Å². The second-order valence-corrected chi connectivity index (χ2v) is 2.23. The third-order valence-electron chi connectivity index (χ3n) is 0.933. The van der Waals surface area contributed by atoms with E-state index in [2.05, 4.69) is 31.2 Å². The molecule has 0 fully saturated rings. The fourth-order valence-electron chi connectivity index (χ4n) is 0.482.